The van der Waals surface area contributed by atoms with Gasteiger partial charge in [-0.25, -0.2) is 4.98 Å². The van der Waals surface area contributed by atoms with E-state index in [9.17, 15) is 0 Å². The number of likely N-dealkylation sites (tertiary alicyclic amines) is 1. The van der Waals surface area contributed by atoms with Crippen molar-refractivity contribution in [3.63, 3.8) is 0 Å². The molecule has 6 nitrogen and oxygen atoms in total. The zero-order valence-corrected chi connectivity index (χ0v) is 15.8. The molecule has 0 bridgehead atoms. The molecule has 1 saturated heterocycles. The first-order valence-corrected chi connectivity index (χ1v) is 9.76. The Morgan fingerprint density at radius 3 is 2.92 bits per heavy atom. The molecular formula is C20H28N4O2. The SMILES string of the molecule is CC1(C)CCCN(Cc2nc(-c3cccnc3OC3CCCC3)no2)C1. The first-order valence-electron chi connectivity index (χ1n) is 9.76. The maximum Gasteiger partial charge on any atom is 0.241 e. The molecule has 0 amide bonds. The van der Waals surface area contributed by atoms with E-state index >= 15 is 0 Å². The molecule has 3 heterocycles. The number of piperidine rings is 1. The topological polar surface area (TPSA) is 64.3 Å². The maximum absolute atomic E-state index is 6.10. The molecule has 1 saturated carbocycles. The molecule has 1 aliphatic heterocycles. The number of pyridine rings is 1. The van der Waals surface area contributed by atoms with E-state index in [0.717, 1.165) is 31.5 Å². The van der Waals surface area contributed by atoms with Gasteiger partial charge in [-0.05, 0) is 62.6 Å². The summed E-state index contributed by atoms with van der Waals surface area (Å²) in [6, 6.07) is 3.84. The van der Waals surface area contributed by atoms with Gasteiger partial charge in [0.05, 0.1) is 12.1 Å². The summed E-state index contributed by atoms with van der Waals surface area (Å²) in [6.45, 7) is 7.49. The van der Waals surface area contributed by atoms with Gasteiger partial charge in [0.15, 0.2) is 0 Å². The lowest BCUT2D eigenvalue weighted by Gasteiger charge is -2.37. The highest BCUT2D eigenvalue weighted by Gasteiger charge is 2.27. The molecule has 2 aromatic rings. The van der Waals surface area contributed by atoms with Crippen molar-refractivity contribution < 1.29 is 9.26 Å². The Hall–Kier alpha value is -1.95. The van der Waals surface area contributed by atoms with Crippen LogP contribution < -0.4 is 4.74 Å². The Balaban J connectivity index is 1.47. The molecule has 0 aromatic carbocycles. The molecule has 0 unspecified atom stereocenters. The quantitative estimate of drug-likeness (QED) is 0.804. The minimum atomic E-state index is 0.255. The predicted octanol–water partition coefficient (Wildman–Crippen LogP) is 4.08. The Labute approximate surface area is 154 Å². The molecule has 140 valence electrons. The van der Waals surface area contributed by atoms with Gasteiger partial charge in [-0.2, -0.15) is 4.98 Å². The second-order valence-electron chi connectivity index (χ2n) is 8.37. The lowest BCUT2D eigenvalue weighted by molar-refractivity contribution is 0.101. The number of nitrogens with zero attached hydrogens (tertiary/aromatic N) is 4. The van der Waals surface area contributed by atoms with Crippen LogP contribution in [0.4, 0.5) is 0 Å². The normalized spacial score (nSPS) is 21.2. The Morgan fingerprint density at radius 2 is 2.12 bits per heavy atom. The first-order chi connectivity index (χ1) is 12.6. The first kappa shape index (κ1) is 17.5. The van der Waals surface area contributed by atoms with Crippen molar-refractivity contribution in [2.45, 2.75) is 65.0 Å². The number of rotatable bonds is 5. The second-order valence-corrected chi connectivity index (χ2v) is 8.37. The van der Waals surface area contributed by atoms with Gasteiger partial charge in [0.2, 0.25) is 17.6 Å². The van der Waals surface area contributed by atoms with Crippen LogP contribution in [-0.2, 0) is 6.54 Å². The van der Waals surface area contributed by atoms with Crippen molar-refractivity contribution in [3.05, 3.63) is 24.2 Å². The Kier molecular flexibility index (Phi) is 4.94. The summed E-state index contributed by atoms with van der Waals surface area (Å²) in [5.41, 5.74) is 1.17. The predicted molar refractivity (Wildman–Crippen MR) is 98.7 cm³/mol. The van der Waals surface area contributed by atoms with Crippen LogP contribution in [0.1, 0.15) is 58.3 Å². The van der Waals surface area contributed by atoms with Gasteiger partial charge in [-0.1, -0.05) is 19.0 Å². The molecule has 2 aromatic heterocycles. The Morgan fingerprint density at radius 1 is 1.27 bits per heavy atom. The molecule has 26 heavy (non-hydrogen) atoms. The number of hydrogen-bond donors (Lipinski definition) is 0. The third-order valence-corrected chi connectivity index (χ3v) is 5.40. The maximum atomic E-state index is 6.10. The number of aromatic nitrogens is 3. The van der Waals surface area contributed by atoms with E-state index in [1.807, 2.05) is 12.1 Å². The van der Waals surface area contributed by atoms with Crippen LogP contribution in [-0.4, -0.2) is 39.2 Å². The van der Waals surface area contributed by atoms with Gasteiger partial charge in [0, 0.05) is 12.7 Å². The average molecular weight is 356 g/mol. The number of ether oxygens (including phenoxy) is 1. The van der Waals surface area contributed by atoms with E-state index in [1.54, 1.807) is 6.20 Å². The van der Waals surface area contributed by atoms with E-state index in [0.29, 0.717) is 29.6 Å². The van der Waals surface area contributed by atoms with Crippen molar-refractivity contribution in [2.75, 3.05) is 13.1 Å². The molecule has 2 aliphatic rings. The molecule has 0 atom stereocenters. The Bertz CT molecular complexity index is 737. The van der Waals surface area contributed by atoms with E-state index in [1.165, 1.54) is 25.7 Å². The number of hydrogen-bond acceptors (Lipinski definition) is 6. The van der Waals surface area contributed by atoms with Crippen LogP contribution >= 0.6 is 0 Å². The lowest BCUT2D eigenvalue weighted by Crippen LogP contribution is -2.39. The standard InChI is InChI=1S/C20H28N4O2/c1-20(2)10-6-12-24(14-20)13-17-22-18(23-26-17)16-9-5-11-21-19(16)25-15-7-3-4-8-15/h5,9,11,15H,3-4,6-8,10,12-14H2,1-2H3. The zero-order chi connectivity index (χ0) is 18.0. The van der Waals surface area contributed by atoms with Gasteiger partial charge < -0.3 is 9.26 Å². The minimum Gasteiger partial charge on any atom is -0.474 e. The van der Waals surface area contributed by atoms with E-state index in [-0.39, 0.29) is 6.10 Å². The largest absolute Gasteiger partial charge is 0.474 e. The highest BCUT2D eigenvalue weighted by molar-refractivity contribution is 5.60. The summed E-state index contributed by atoms with van der Waals surface area (Å²) >= 11 is 0. The van der Waals surface area contributed by atoms with Crippen LogP contribution in [0.15, 0.2) is 22.9 Å². The fourth-order valence-electron chi connectivity index (χ4n) is 4.12. The van der Waals surface area contributed by atoms with Crippen LogP contribution in [0, 0.1) is 5.41 Å². The van der Waals surface area contributed by atoms with E-state index < -0.39 is 0 Å². The summed E-state index contributed by atoms with van der Waals surface area (Å²) in [5, 5.41) is 4.19. The van der Waals surface area contributed by atoms with Gasteiger partial charge >= 0.3 is 0 Å². The third kappa shape index (κ3) is 4.06. The van der Waals surface area contributed by atoms with Crippen LogP contribution in [0.2, 0.25) is 0 Å². The van der Waals surface area contributed by atoms with Crippen molar-refractivity contribution >= 4 is 0 Å². The fraction of sp³-hybridized carbons (Fsp3) is 0.650. The fourth-order valence-corrected chi connectivity index (χ4v) is 4.12. The molecule has 4 rings (SSSR count). The molecule has 0 radical (unpaired) electrons. The lowest BCUT2D eigenvalue weighted by atomic mass is 9.84. The summed E-state index contributed by atoms with van der Waals surface area (Å²) in [4.78, 5) is 11.4. The second kappa shape index (κ2) is 7.35. The van der Waals surface area contributed by atoms with Crippen LogP contribution in [0.5, 0.6) is 5.88 Å². The summed E-state index contributed by atoms with van der Waals surface area (Å²) in [7, 11) is 0. The van der Waals surface area contributed by atoms with E-state index in [4.69, 9.17) is 9.26 Å². The minimum absolute atomic E-state index is 0.255. The summed E-state index contributed by atoms with van der Waals surface area (Å²) in [6.07, 6.45) is 9.15. The summed E-state index contributed by atoms with van der Waals surface area (Å²) in [5.74, 6) is 1.84. The van der Waals surface area contributed by atoms with Crippen molar-refractivity contribution in [1.82, 2.24) is 20.0 Å². The van der Waals surface area contributed by atoms with Crippen molar-refractivity contribution in [3.8, 4) is 17.3 Å². The molecule has 6 heteroatoms. The third-order valence-electron chi connectivity index (χ3n) is 5.40. The summed E-state index contributed by atoms with van der Waals surface area (Å²) < 4.78 is 11.6. The monoisotopic (exact) mass is 356 g/mol. The van der Waals surface area contributed by atoms with Gasteiger partial charge in [-0.3, -0.25) is 4.90 Å². The molecular weight excluding hydrogens is 328 g/mol. The average Bonchev–Trinajstić information content (AvgIpc) is 3.27. The molecule has 2 fully saturated rings. The van der Waals surface area contributed by atoms with Crippen LogP contribution in [0.25, 0.3) is 11.4 Å². The molecule has 1 aliphatic carbocycles. The van der Waals surface area contributed by atoms with Gasteiger partial charge in [-0.15, -0.1) is 0 Å². The van der Waals surface area contributed by atoms with Gasteiger partial charge in [0.25, 0.3) is 0 Å². The highest BCUT2D eigenvalue weighted by Crippen LogP contribution is 2.31. The van der Waals surface area contributed by atoms with Crippen molar-refractivity contribution in [2.24, 2.45) is 5.41 Å². The highest BCUT2D eigenvalue weighted by atomic mass is 16.5. The van der Waals surface area contributed by atoms with Crippen LogP contribution in [0.3, 0.4) is 0 Å². The van der Waals surface area contributed by atoms with E-state index in [2.05, 4.69) is 33.9 Å². The molecule has 0 spiro atoms. The smallest absolute Gasteiger partial charge is 0.241 e. The molecule has 0 N–H and O–H groups in total. The zero-order valence-electron chi connectivity index (χ0n) is 15.8. The van der Waals surface area contributed by atoms with Gasteiger partial charge in [0.1, 0.15) is 6.10 Å². The van der Waals surface area contributed by atoms with Crippen molar-refractivity contribution in [1.29, 1.82) is 0 Å².